The number of amides is 1. The number of ether oxygens (including phenoxy) is 3. The van der Waals surface area contributed by atoms with Crippen LogP contribution < -0.4 is 14.4 Å². The lowest BCUT2D eigenvalue weighted by molar-refractivity contribution is 0.0512. The van der Waals surface area contributed by atoms with Gasteiger partial charge in [0.2, 0.25) is 0 Å². The van der Waals surface area contributed by atoms with Gasteiger partial charge >= 0.3 is 12.1 Å². The van der Waals surface area contributed by atoms with Crippen LogP contribution in [0.4, 0.5) is 23.8 Å². The van der Waals surface area contributed by atoms with Gasteiger partial charge in [0.1, 0.15) is 49.4 Å². The molecule has 0 spiro atoms. The summed E-state index contributed by atoms with van der Waals surface area (Å²) in [6.07, 6.45) is 1.18. The highest BCUT2D eigenvalue weighted by Gasteiger charge is 2.50. The number of aromatic nitrogens is 3. The average molecular weight is 846 g/mol. The van der Waals surface area contributed by atoms with E-state index in [4.69, 9.17) is 25.5 Å². The SMILES string of the molecule is [2H]C1(F)CN2CCCC2(COc2nc(N3CC4CCC(C3)N4C(=O)O)c3cnc(-c4cc(OCOC)cc5ccc(F)c(C#C[Si](C(C)C)(C(C)C)C(C)C)c45)c(F)c3n2)C1. The van der Waals surface area contributed by atoms with E-state index in [1.807, 2.05) is 9.80 Å². The molecule has 11 nitrogen and oxygen atoms in total. The molecule has 8 rings (SSSR count). The highest BCUT2D eigenvalue weighted by molar-refractivity contribution is 6.90. The Morgan fingerprint density at radius 2 is 1.77 bits per heavy atom. The molecule has 4 aliphatic heterocycles. The van der Waals surface area contributed by atoms with Gasteiger partial charge in [-0.25, -0.2) is 18.0 Å². The molecule has 0 radical (unpaired) electrons. The van der Waals surface area contributed by atoms with E-state index < -0.39 is 37.5 Å². The summed E-state index contributed by atoms with van der Waals surface area (Å²) in [5, 5.41) is 11.2. The Bertz CT molecular complexity index is 2390. The standard InChI is InChI=1S/C45H55F3N6O5Si/c1-26(2)60(27(3)4,28(5)6)16-13-34-37(47)12-9-29-17-33(59-25-57-7)18-35(38(29)34)40-39(48)41-36(20-49-40)42(52-22-31-10-11-32(23-52)54(31)44(55)56)51-43(50-41)58-24-45-14-8-15-53(45)21-30(46)19-45/h9,12,17-18,20,26-28,30-32H,8,10-11,14-15,19,21-25H2,1-7H3,(H,55,56)/i30D. The lowest BCUT2D eigenvalue weighted by Crippen LogP contribution is -2.55. The summed E-state index contributed by atoms with van der Waals surface area (Å²) >= 11 is 0. The Morgan fingerprint density at radius 3 is 2.43 bits per heavy atom. The van der Waals surface area contributed by atoms with E-state index in [1.165, 1.54) is 24.3 Å². The molecule has 1 N–H and O–H groups in total. The van der Waals surface area contributed by atoms with Crippen LogP contribution in [0.3, 0.4) is 0 Å². The molecule has 2 aromatic carbocycles. The van der Waals surface area contributed by atoms with Gasteiger partial charge in [0.05, 0.1) is 29.9 Å². The molecule has 2 aromatic heterocycles. The number of anilines is 1. The zero-order chi connectivity index (χ0) is 43.6. The van der Waals surface area contributed by atoms with E-state index in [9.17, 15) is 9.90 Å². The predicted molar refractivity (Wildman–Crippen MR) is 228 cm³/mol. The number of rotatable bonds is 11. The predicted octanol–water partition coefficient (Wildman–Crippen LogP) is 8.96. The molecule has 1 amide bonds. The van der Waals surface area contributed by atoms with E-state index >= 15 is 13.2 Å². The minimum Gasteiger partial charge on any atom is -0.468 e. The molecular weight excluding hydrogens is 790 g/mol. The van der Waals surface area contributed by atoms with E-state index in [-0.39, 0.29) is 88.8 Å². The lowest BCUT2D eigenvalue weighted by Gasteiger charge is -2.40. The summed E-state index contributed by atoms with van der Waals surface area (Å²) in [5.74, 6) is 2.64. The summed E-state index contributed by atoms with van der Waals surface area (Å²) in [7, 11) is -0.846. The number of fused-ring (bicyclic) bond motifs is 5. The third kappa shape index (κ3) is 7.21. The van der Waals surface area contributed by atoms with Gasteiger partial charge in [-0.3, -0.25) is 14.8 Å². The summed E-state index contributed by atoms with van der Waals surface area (Å²) in [6, 6.07) is 5.63. The van der Waals surface area contributed by atoms with Gasteiger partial charge in [0.25, 0.3) is 0 Å². The molecule has 15 heteroatoms. The second kappa shape index (κ2) is 16.3. The second-order valence-corrected chi connectivity index (χ2v) is 23.5. The molecule has 4 saturated heterocycles. The van der Waals surface area contributed by atoms with Crippen LogP contribution in [0.2, 0.25) is 16.6 Å². The van der Waals surface area contributed by atoms with E-state index in [2.05, 4.69) is 58.0 Å². The Hall–Kier alpha value is -4.65. The first-order chi connectivity index (χ1) is 29.0. The molecule has 0 aliphatic carbocycles. The number of hydrogen-bond donors (Lipinski definition) is 1. The number of nitrogens with zero attached hydrogens (tertiary/aromatic N) is 6. The zero-order valence-electron chi connectivity index (χ0n) is 36.4. The van der Waals surface area contributed by atoms with Crippen LogP contribution >= 0.6 is 0 Å². The number of methoxy groups -OCH3 is 1. The van der Waals surface area contributed by atoms with Gasteiger partial charge in [0, 0.05) is 50.3 Å². The first-order valence-corrected chi connectivity index (χ1v) is 23.3. The van der Waals surface area contributed by atoms with E-state index in [1.54, 1.807) is 18.2 Å². The van der Waals surface area contributed by atoms with Crippen molar-refractivity contribution < 1.29 is 38.7 Å². The maximum Gasteiger partial charge on any atom is 0.407 e. The average Bonchev–Trinajstić information content (AvgIpc) is 3.80. The van der Waals surface area contributed by atoms with Crippen LogP contribution in [0.5, 0.6) is 11.8 Å². The number of piperazine rings is 1. The molecule has 60 heavy (non-hydrogen) atoms. The van der Waals surface area contributed by atoms with Gasteiger partial charge in [-0.1, -0.05) is 53.5 Å². The molecule has 6 heterocycles. The van der Waals surface area contributed by atoms with Crippen molar-refractivity contribution in [1.29, 1.82) is 0 Å². The maximum absolute atomic E-state index is 17.7. The van der Waals surface area contributed by atoms with Crippen molar-refractivity contribution in [3.8, 4) is 34.5 Å². The van der Waals surface area contributed by atoms with Crippen molar-refractivity contribution in [1.82, 2.24) is 24.8 Å². The molecule has 320 valence electrons. The quantitative estimate of drug-likeness (QED) is 0.0892. The molecular formula is C45H55F3N6O5Si. The number of halogens is 3. The van der Waals surface area contributed by atoms with Gasteiger partial charge in [-0.15, -0.1) is 5.54 Å². The van der Waals surface area contributed by atoms with Crippen LogP contribution in [0.1, 0.15) is 80.6 Å². The van der Waals surface area contributed by atoms with Crippen molar-refractivity contribution in [2.24, 2.45) is 0 Å². The normalized spacial score (nSPS) is 24.4. The largest absolute Gasteiger partial charge is 0.468 e. The molecule has 4 unspecified atom stereocenters. The van der Waals surface area contributed by atoms with Crippen molar-refractivity contribution in [3.05, 3.63) is 47.7 Å². The van der Waals surface area contributed by atoms with Crippen LogP contribution in [-0.4, -0.2) is 114 Å². The van der Waals surface area contributed by atoms with Gasteiger partial charge in [-0.05, 0) is 72.4 Å². The second-order valence-electron chi connectivity index (χ2n) is 17.9. The summed E-state index contributed by atoms with van der Waals surface area (Å²) < 4.78 is 74.7. The van der Waals surface area contributed by atoms with Crippen molar-refractivity contribution in [2.75, 3.05) is 51.6 Å². The molecule has 4 aromatic rings. The molecule has 2 bridgehead atoms. The third-order valence-electron chi connectivity index (χ3n) is 13.6. The summed E-state index contributed by atoms with van der Waals surface area (Å²) in [5.41, 5.74) is 3.95. The fraction of sp³-hybridized carbons (Fsp3) is 0.556. The molecule has 4 aliphatic rings. The van der Waals surface area contributed by atoms with Crippen LogP contribution in [0, 0.1) is 23.1 Å². The minimum atomic E-state index is -2.34. The Morgan fingerprint density at radius 1 is 1.05 bits per heavy atom. The Balaban J connectivity index is 1.31. The first-order valence-electron chi connectivity index (χ1n) is 21.6. The highest BCUT2D eigenvalue weighted by Crippen LogP contribution is 2.44. The molecule has 0 saturated carbocycles. The Kier molecular flexibility index (Phi) is 11.1. The monoisotopic (exact) mass is 845 g/mol. The van der Waals surface area contributed by atoms with Crippen LogP contribution in [0.25, 0.3) is 32.9 Å². The lowest BCUT2D eigenvalue weighted by atomic mass is 9.95. The number of carboxylic acid groups (broad SMARTS) is 1. The zero-order valence-corrected chi connectivity index (χ0v) is 36.4. The molecule has 4 fully saturated rings. The van der Waals surface area contributed by atoms with Gasteiger partial charge < -0.3 is 24.2 Å². The van der Waals surface area contributed by atoms with E-state index in [0.717, 1.165) is 6.42 Å². The fourth-order valence-corrected chi connectivity index (χ4v) is 16.1. The first kappa shape index (κ1) is 40.7. The number of alkyl halides is 1. The Labute approximate surface area is 352 Å². The smallest absolute Gasteiger partial charge is 0.407 e. The van der Waals surface area contributed by atoms with Crippen LogP contribution in [0.15, 0.2) is 30.5 Å². The number of carbonyl (C=O) groups is 1. The third-order valence-corrected chi connectivity index (χ3v) is 19.9. The van der Waals surface area contributed by atoms with Gasteiger partial charge in [0.15, 0.2) is 12.6 Å². The fourth-order valence-electron chi connectivity index (χ4n) is 10.9. The summed E-state index contributed by atoms with van der Waals surface area (Å²) in [6.45, 7) is 14.3. The maximum atomic E-state index is 17.7. The highest BCUT2D eigenvalue weighted by atomic mass is 28.3. The minimum absolute atomic E-state index is 0.00113. The van der Waals surface area contributed by atoms with E-state index in [0.29, 0.717) is 61.2 Å². The number of pyridine rings is 1. The summed E-state index contributed by atoms with van der Waals surface area (Å²) in [4.78, 5) is 31.8. The van der Waals surface area contributed by atoms with Gasteiger partial charge in [-0.2, -0.15) is 9.97 Å². The topological polar surface area (TPSA) is 113 Å². The molecule has 4 atom stereocenters. The van der Waals surface area contributed by atoms with Crippen LogP contribution in [-0.2, 0) is 4.74 Å². The van der Waals surface area contributed by atoms with Crippen molar-refractivity contribution in [3.63, 3.8) is 0 Å². The van der Waals surface area contributed by atoms with Crippen molar-refractivity contribution >= 4 is 41.7 Å². The number of benzene rings is 2. The van der Waals surface area contributed by atoms with Crippen molar-refractivity contribution in [2.45, 2.75) is 114 Å². The number of hydrogen-bond acceptors (Lipinski definition) is 9.